The Labute approximate surface area is 158 Å². The Bertz CT molecular complexity index is 812. The number of nitrogens with one attached hydrogen (secondary N) is 2. The van der Waals surface area contributed by atoms with Gasteiger partial charge in [0.05, 0.1) is 15.1 Å². The van der Waals surface area contributed by atoms with Gasteiger partial charge in [-0.1, -0.05) is 52.5 Å². The highest BCUT2D eigenvalue weighted by Gasteiger charge is 2.20. The molecule has 0 atom stereocenters. The molecule has 5 nitrogen and oxygen atoms in total. The average Bonchev–Trinajstić information content (AvgIpc) is 2.56. The number of aromatic nitrogens is 1. The summed E-state index contributed by atoms with van der Waals surface area (Å²) in [5.41, 5.74) is 0.629. The smallest absolute Gasteiger partial charge is 0.275 e. The highest BCUT2D eigenvalue weighted by atomic mass is 35.5. The van der Waals surface area contributed by atoms with Crippen molar-refractivity contribution in [2.75, 3.05) is 11.9 Å². The van der Waals surface area contributed by atoms with Gasteiger partial charge in [0, 0.05) is 17.8 Å². The molecule has 1 heterocycles. The highest BCUT2D eigenvalue weighted by molar-refractivity contribution is 6.52. The zero-order valence-electron chi connectivity index (χ0n) is 12.3. The fourth-order valence-electron chi connectivity index (χ4n) is 1.83. The van der Waals surface area contributed by atoms with Gasteiger partial charge < -0.3 is 10.6 Å². The molecular weight excluding hydrogens is 396 g/mol. The number of anilines is 1. The number of hydrogen-bond donors (Lipinski definition) is 2. The SMILES string of the molecule is CCNC(=O)c1cccc(NC(=O)c2nc(Cl)c(Cl)c(Cl)c2Cl)c1. The molecule has 0 spiro atoms. The first-order chi connectivity index (χ1) is 11.3. The van der Waals surface area contributed by atoms with Crippen LogP contribution in [-0.2, 0) is 0 Å². The van der Waals surface area contributed by atoms with Gasteiger partial charge in [0.1, 0.15) is 10.8 Å². The minimum absolute atomic E-state index is 0.0295. The fourth-order valence-corrected chi connectivity index (χ4v) is 2.64. The molecule has 0 aliphatic rings. The van der Waals surface area contributed by atoms with Crippen LogP contribution in [0.3, 0.4) is 0 Å². The molecule has 0 aliphatic heterocycles. The van der Waals surface area contributed by atoms with Gasteiger partial charge in [0.25, 0.3) is 11.8 Å². The van der Waals surface area contributed by atoms with E-state index in [9.17, 15) is 9.59 Å². The molecule has 2 N–H and O–H groups in total. The largest absolute Gasteiger partial charge is 0.352 e. The van der Waals surface area contributed by atoms with E-state index in [1.165, 1.54) is 6.07 Å². The lowest BCUT2D eigenvalue weighted by molar-refractivity contribution is 0.0954. The molecule has 126 valence electrons. The lowest BCUT2D eigenvalue weighted by Crippen LogP contribution is -2.23. The predicted octanol–water partition coefficient (Wildman–Crippen LogP) is 4.70. The number of halogens is 4. The number of carbonyl (C=O) groups is 2. The molecule has 0 aliphatic carbocycles. The molecule has 9 heteroatoms. The van der Waals surface area contributed by atoms with Gasteiger partial charge in [0.2, 0.25) is 0 Å². The zero-order valence-corrected chi connectivity index (χ0v) is 15.3. The maximum Gasteiger partial charge on any atom is 0.275 e. The molecule has 2 amide bonds. The third kappa shape index (κ3) is 4.11. The van der Waals surface area contributed by atoms with E-state index in [2.05, 4.69) is 15.6 Å². The van der Waals surface area contributed by atoms with Crippen LogP contribution in [0.2, 0.25) is 20.2 Å². The van der Waals surface area contributed by atoms with Gasteiger partial charge in [-0.05, 0) is 25.1 Å². The summed E-state index contributed by atoms with van der Waals surface area (Å²) in [4.78, 5) is 28.0. The third-order valence-corrected chi connectivity index (χ3v) is 4.60. The van der Waals surface area contributed by atoms with E-state index in [1.54, 1.807) is 18.2 Å². The predicted molar refractivity (Wildman–Crippen MR) is 96.7 cm³/mol. The summed E-state index contributed by atoms with van der Waals surface area (Å²) < 4.78 is 0. The number of hydrogen-bond acceptors (Lipinski definition) is 3. The van der Waals surface area contributed by atoms with Gasteiger partial charge >= 0.3 is 0 Å². The Morgan fingerprint density at radius 2 is 1.75 bits per heavy atom. The van der Waals surface area contributed by atoms with Crippen LogP contribution < -0.4 is 10.6 Å². The van der Waals surface area contributed by atoms with Gasteiger partial charge in [0.15, 0.2) is 0 Å². The molecule has 0 radical (unpaired) electrons. The van der Waals surface area contributed by atoms with E-state index in [1.807, 2.05) is 6.92 Å². The molecule has 0 saturated heterocycles. The summed E-state index contributed by atoms with van der Waals surface area (Å²) >= 11 is 23.5. The summed E-state index contributed by atoms with van der Waals surface area (Å²) in [7, 11) is 0. The van der Waals surface area contributed by atoms with E-state index in [0.29, 0.717) is 17.8 Å². The van der Waals surface area contributed by atoms with Crippen LogP contribution in [0.1, 0.15) is 27.8 Å². The van der Waals surface area contributed by atoms with Crippen LogP contribution >= 0.6 is 46.4 Å². The first-order valence-electron chi connectivity index (χ1n) is 6.74. The van der Waals surface area contributed by atoms with Crippen molar-refractivity contribution in [2.45, 2.75) is 6.92 Å². The molecule has 2 rings (SSSR count). The van der Waals surface area contributed by atoms with Crippen LogP contribution in [0.5, 0.6) is 0 Å². The van der Waals surface area contributed by atoms with Crippen molar-refractivity contribution >= 4 is 63.9 Å². The van der Waals surface area contributed by atoms with E-state index >= 15 is 0 Å². The third-order valence-electron chi connectivity index (χ3n) is 2.92. The molecule has 0 unspecified atom stereocenters. The maximum atomic E-state index is 12.3. The normalized spacial score (nSPS) is 10.4. The monoisotopic (exact) mass is 405 g/mol. The van der Waals surface area contributed by atoms with Crippen molar-refractivity contribution in [3.8, 4) is 0 Å². The average molecular weight is 407 g/mol. The Kier molecular flexibility index (Phi) is 6.29. The van der Waals surface area contributed by atoms with Crippen LogP contribution in [0, 0.1) is 0 Å². The van der Waals surface area contributed by atoms with Gasteiger partial charge in [-0.25, -0.2) is 4.98 Å². The molecule has 1 aromatic heterocycles. The summed E-state index contributed by atoms with van der Waals surface area (Å²) in [5.74, 6) is -0.879. The number of nitrogens with zero attached hydrogens (tertiary/aromatic N) is 1. The second kappa shape index (κ2) is 8.03. The fraction of sp³-hybridized carbons (Fsp3) is 0.133. The van der Waals surface area contributed by atoms with Crippen molar-refractivity contribution < 1.29 is 9.59 Å². The summed E-state index contributed by atoms with van der Waals surface area (Å²) in [6.45, 7) is 2.31. The van der Waals surface area contributed by atoms with Crippen LogP contribution in [0.25, 0.3) is 0 Å². The Hall–Kier alpha value is -1.53. The van der Waals surface area contributed by atoms with Gasteiger partial charge in [-0.15, -0.1) is 0 Å². The van der Waals surface area contributed by atoms with E-state index < -0.39 is 5.91 Å². The van der Waals surface area contributed by atoms with Crippen molar-refractivity contribution in [3.63, 3.8) is 0 Å². The molecule has 1 aromatic carbocycles. The highest BCUT2D eigenvalue weighted by Crippen LogP contribution is 2.36. The summed E-state index contributed by atoms with van der Waals surface area (Å²) in [6.07, 6.45) is 0. The maximum absolute atomic E-state index is 12.3. The van der Waals surface area contributed by atoms with Crippen molar-refractivity contribution in [1.29, 1.82) is 0 Å². The Balaban J connectivity index is 2.28. The lowest BCUT2D eigenvalue weighted by atomic mass is 10.2. The van der Waals surface area contributed by atoms with Crippen LogP contribution in [0.15, 0.2) is 24.3 Å². The standard InChI is InChI=1S/C15H11Cl4N3O2/c1-2-20-14(23)7-4-3-5-8(6-7)21-15(24)12-10(17)9(16)11(18)13(19)22-12/h3-6H,2H2,1H3,(H,20,23)(H,21,24). The summed E-state index contributed by atoms with van der Waals surface area (Å²) in [5, 5.41) is 4.93. The van der Waals surface area contributed by atoms with Crippen molar-refractivity contribution in [2.24, 2.45) is 0 Å². The Morgan fingerprint density at radius 1 is 1.04 bits per heavy atom. The molecule has 24 heavy (non-hydrogen) atoms. The first-order valence-corrected chi connectivity index (χ1v) is 8.26. The van der Waals surface area contributed by atoms with E-state index in [0.717, 1.165) is 0 Å². The minimum Gasteiger partial charge on any atom is -0.352 e. The number of amides is 2. The van der Waals surface area contributed by atoms with E-state index in [4.69, 9.17) is 46.4 Å². The first kappa shape index (κ1) is 18.8. The molecular formula is C15H11Cl4N3O2. The van der Waals surface area contributed by atoms with Gasteiger partial charge in [-0.3, -0.25) is 9.59 Å². The number of benzene rings is 1. The quantitative estimate of drug-likeness (QED) is 0.723. The molecule has 2 aromatic rings. The minimum atomic E-state index is -0.631. The zero-order chi connectivity index (χ0) is 17.9. The molecule has 0 fully saturated rings. The summed E-state index contributed by atoms with van der Waals surface area (Å²) in [6, 6.07) is 6.41. The van der Waals surface area contributed by atoms with Crippen molar-refractivity contribution in [1.82, 2.24) is 10.3 Å². The van der Waals surface area contributed by atoms with E-state index in [-0.39, 0.29) is 31.8 Å². The lowest BCUT2D eigenvalue weighted by Gasteiger charge is -2.10. The second-order valence-electron chi connectivity index (χ2n) is 4.59. The van der Waals surface area contributed by atoms with Crippen molar-refractivity contribution in [3.05, 3.63) is 55.7 Å². The second-order valence-corrected chi connectivity index (χ2v) is 6.08. The molecule has 0 saturated carbocycles. The molecule has 0 bridgehead atoms. The number of rotatable bonds is 4. The Morgan fingerprint density at radius 3 is 2.42 bits per heavy atom. The van der Waals surface area contributed by atoms with Crippen LogP contribution in [0.4, 0.5) is 5.69 Å². The van der Waals surface area contributed by atoms with Crippen LogP contribution in [-0.4, -0.2) is 23.3 Å². The topological polar surface area (TPSA) is 71.1 Å². The number of carbonyl (C=O) groups excluding carboxylic acids is 2. The number of pyridine rings is 1. The van der Waals surface area contributed by atoms with Gasteiger partial charge in [-0.2, -0.15) is 0 Å².